The average molecular weight is 367 g/mol. The van der Waals surface area contributed by atoms with Crippen LogP contribution >= 0.6 is 0 Å². The Morgan fingerprint density at radius 1 is 0.786 bits per heavy atom. The van der Waals surface area contributed by atoms with E-state index < -0.39 is 0 Å². The van der Waals surface area contributed by atoms with Crippen molar-refractivity contribution < 1.29 is 14.4 Å². The second kappa shape index (κ2) is 6.27. The molecule has 1 N–H and O–H groups in total. The van der Waals surface area contributed by atoms with Crippen LogP contribution in [0.5, 0.6) is 0 Å². The van der Waals surface area contributed by atoms with E-state index in [9.17, 15) is 14.4 Å². The summed E-state index contributed by atoms with van der Waals surface area (Å²) in [6, 6.07) is 19.6. The summed E-state index contributed by atoms with van der Waals surface area (Å²) in [6.45, 7) is 0. The number of carbonyl (C=O) groups is 3. The predicted molar refractivity (Wildman–Crippen MR) is 105 cm³/mol. The smallest absolute Gasteiger partial charge is 0.251 e. The van der Waals surface area contributed by atoms with Crippen molar-refractivity contribution in [1.82, 2.24) is 5.32 Å². The van der Waals surface area contributed by atoms with E-state index in [1.54, 1.807) is 42.5 Å². The fourth-order valence-corrected chi connectivity index (χ4v) is 4.19. The second-order valence-corrected chi connectivity index (χ2v) is 7.23. The van der Waals surface area contributed by atoms with E-state index in [4.69, 9.17) is 0 Å². The maximum Gasteiger partial charge on any atom is 0.251 e. The Kier molecular flexibility index (Phi) is 3.72. The molecule has 2 aliphatic rings. The predicted octanol–water partition coefficient (Wildman–Crippen LogP) is 3.88. The first kappa shape index (κ1) is 16.6. The molecule has 0 spiro atoms. The zero-order valence-electron chi connectivity index (χ0n) is 15.1. The lowest BCUT2D eigenvalue weighted by molar-refractivity contribution is 0.0935. The van der Waals surface area contributed by atoms with Crippen molar-refractivity contribution in [2.24, 2.45) is 0 Å². The number of aryl methyl sites for hydroxylation is 1. The van der Waals surface area contributed by atoms with Crippen LogP contribution in [0.2, 0.25) is 0 Å². The van der Waals surface area contributed by atoms with Gasteiger partial charge in [-0.1, -0.05) is 48.5 Å². The molecule has 0 saturated carbocycles. The quantitative estimate of drug-likeness (QED) is 0.585. The number of amides is 1. The molecule has 1 atom stereocenters. The number of benzene rings is 3. The summed E-state index contributed by atoms with van der Waals surface area (Å²) in [5.41, 5.74) is 4.25. The highest BCUT2D eigenvalue weighted by molar-refractivity contribution is 6.28. The Hall–Kier alpha value is -3.53. The van der Waals surface area contributed by atoms with Gasteiger partial charge in [0, 0.05) is 27.8 Å². The molecule has 3 aromatic rings. The first-order valence-electron chi connectivity index (χ1n) is 9.34. The third-order valence-corrected chi connectivity index (χ3v) is 5.63. The largest absolute Gasteiger partial charge is 0.345 e. The van der Waals surface area contributed by atoms with Gasteiger partial charge in [-0.2, -0.15) is 0 Å². The van der Waals surface area contributed by atoms with Gasteiger partial charge in [-0.15, -0.1) is 0 Å². The van der Waals surface area contributed by atoms with Crippen molar-refractivity contribution in [3.63, 3.8) is 0 Å². The van der Waals surface area contributed by atoms with Gasteiger partial charge in [-0.3, -0.25) is 14.4 Å². The van der Waals surface area contributed by atoms with E-state index >= 15 is 0 Å². The molecular weight excluding hydrogens is 350 g/mol. The molecule has 0 aromatic heterocycles. The summed E-state index contributed by atoms with van der Waals surface area (Å²) >= 11 is 0. The minimum atomic E-state index is -0.233. The van der Waals surface area contributed by atoms with Gasteiger partial charge in [0.15, 0.2) is 11.6 Å². The molecule has 0 saturated heterocycles. The first-order valence-corrected chi connectivity index (χ1v) is 9.34. The Labute approximate surface area is 162 Å². The zero-order chi connectivity index (χ0) is 19.3. The van der Waals surface area contributed by atoms with Gasteiger partial charge in [0.05, 0.1) is 6.04 Å². The van der Waals surface area contributed by atoms with Crippen LogP contribution in [-0.4, -0.2) is 17.5 Å². The third-order valence-electron chi connectivity index (χ3n) is 5.63. The fourth-order valence-electron chi connectivity index (χ4n) is 4.19. The van der Waals surface area contributed by atoms with Crippen LogP contribution in [0.4, 0.5) is 0 Å². The van der Waals surface area contributed by atoms with E-state index in [1.165, 1.54) is 5.56 Å². The summed E-state index contributed by atoms with van der Waals surface area (Å²) in [5.74, 6) is -0.628. The molecule has 0 fully saturated rings. The monoisotopic (exact) mass is 367 g/mol. The number of hydrogen-bond acceptors (Lipinski definition) is 3. The highest BCUT2D eigenvalue weighted by Gasteiger charge is 2.30. The van der Waals surface area contributed by atoms with Crippen LogP contribution in [0.15, 0.2) is 66.7 Å². The van der Waals surface area contributed by atoms with E-state index in [0.717, 1.165) is 18.4 Å². The molecule has 28 heavy (non-hydrogen) atoms. The van der Waals surface area contributed by atoms with Gasteiger partial charge < -0.3 is 5.32 Å². The third kappa shape index (κ3) is 2.49. The van der Waals surface area contributed by atoms with Crippen LogP contribution in [-0.2, 0) is 6.42 Å². The second-order valence-electron chi connectivity index (χ2n) is 7.23. The van der Waals surface area contributed by atoms with E-state index in [2.05, 4.69) is 11.4 Å². The Morgan fingerprint density at radius 2 is 1.43 bits per heavy atom. The number of ketones is 2. The number of fused-ring (bicyclic) bond motifs is 3. The van der Waals surface area contributed by atoms with Crippen molar-refractivity contribution in [3.8, 4) is 0 Å². The molecule has 4 nitrogen and oxygen atoms in total. The lowest BCUT2D eigenvalue weighted by Gasteiger charge is -2.19. The molecule has 0 radical (unpaired) electrons. The van der Waals surface area contributed by atoms with Crippen molar-refractivity contribution in [2.45, 2.75) is 18.9 Å². The van der Waals surface area contributed by atoms with E-state index in [0.29, 0.717) is 27.8 Å². The Bertz CT molecular complexity index is 1160. The summed E-state index contributed by atoms with van der Waals surface area (Å²) in [6.07, 6.45) is 1.80. The molecule has 0 unspecified atom stereocenters. The highest BCUT2D eigenvalue weighted by Crippen LogP contribution is 2.32. The van der Waals surface area contributed by atoms with Gasteiger partial charge in [-0.25, -0.2) is 0 Å². The van der Waals surface area contributed by atoms with Crippen LogP contribution in [0.3, 0.4) is 0 Å². The normalized spacial score (nSPS) is 16.9. The minimum absolute atomic E-state index is 0.0298. The lowest BCUT2D eigenvalue weighted by atomic mass is 9.83. The summed E-state index contributed by atoms with van der Waals surface area (Å²) < 4.78 is 0. The van der Waals surface area contributed by atoms with Crippen LogP contribution in [0.1, 0.15) is 65.8 Å². The summed E-state index contributed by atoms with van der Waals surface area (Å²) in [4.78, 5) is 38.4. The summed E-state index contributed by atoms with van der Waals surface area (Å²) in [5, 5.41) is 3.07. The number of carbonyl (C=O) groups excluding carboxylic acids is 3. The maximum absolute atomic E-state index is 12.9. The fraction of sp³-hybridized carbons (Fsp3) is 0.125. The van der Waals surface area contributed by atoms with Gasteiger partial charge in [-0.05, 0) is 42.2 Å². The topological polar surface area (TPSA) is 63.2 Å². The lowest BCUT2D eigenvalue weighted by Crippen LogP contribution is -2.28. The van der Waals surface area contributed by atoms with Crippen molar-refractivity contribution in [2.75, 3.05) is 0 Å². The first-order chi connectivity index (χ1) is 13.6. The number of rotatable bonds is 2. The van der Waals surface area contributed by atoms with Crippen LogP contribution < -0.4 is 5.32 Å². The van der Waals surface area contributed by atoms with Crippen molar-refractivity contribution >= 4 is 17.5 Å². The van der Waals surface area contributed by atoms with E-state index in [-0.39, 0.29) is 23.5 Å². The Morgan fingerprint density at radius 3 is 2.21 bits per heavy atom. The van der Waals surface area contributed by atoms with Crippen LogP contribution in [0.25, 0.3) is 0 Å². The molecule has 136 valence electrons. The molecule has 0 heterocycles. The average Bonchev–Trinajstić information content (AvgIpc) is 3.14. The van der Waals surface area contributed by atoms with E-state index in [1.807, 2.05) is 18.2 Å². The summed E-state index contributed by atoms with van der Waals surface area (Å²) in [7, 11) is 0. The van der Waals surface area contributed by atoms with Gasteiger partial charge in [0.2, 0.25) is 0 Å². The van der Waals surface area contributed by atoms with Gasteiger partial charge in [0.25, 0.3) is 5.91 Å². The van der Waals surface area contributed by atoms with Crippen molar-refractivity contribution in [3.05, 3.63) is 106 Å². The van der Waals surface area contributed by atoms with Gasteiger partial charge >= 0.3 is 0 Å². The molecular formula is C24H17NO3. The zero-order valence-corrected chi connectivity index (χ0v) is 15.1. The number of nitrogens with one attached hydrogen (secondary N) is 1. The molecule has 2 aliphatic carbocycles. The Balaban J connectivity index is 1.46. The molecule has 1 amide bonds. The highest BCUT2D eigenvalue weighted by atomic mass is 16.2. The van der Waals surface area contributed by atoms with Gasteiger partial charge in [0.1, 0.15) is 0 Å². The molecule has 0 aliphatic heterocycles. The molecule has 4 heteroatoms. The molecule has 3 aromatic carbocycles. The standard InChI is InChI=1S/C24H17NO3/c26-22-17-7-3-4-8-18(17)23(27)20-13-15(9-11-19(20)22)24(28)25-21-12-10-14-5-1-2-6-16(14)21/h1-9,11,13,21H,10,12H2,(H,25,28)/t21-/m1/s1. The van der Waals surface area contributed by atoms with Crippen molar-refractivity contribution in [1.29, 1.82) is 0 Å². The number of hydrogen-bond donors (Lipinski definition) is 1. The minimum Gasteiger partial charge on any atom is -0.345 e. The SMILES string of the molecule is O=C(N[C@@H]1CCc2ccccc21)c1ccc2c(c1)C(=O)c1ccccc1C2=O. The maximum atomic E-state index is 12.9. The molecule has 5 rings (SSSR count). The molecule has 0 bridgehead atoms. The van der Waals surface area contributed by atoms with Crippen LogP contribution in [0, 0.1) is 0 Å².